The lowest BCUT2D eigenvalue weighted by molar-refractivity contribution is 0.118. The van der Waals surface area contributed by atoms with Crippen molar-refractivity contribution in [3.8, 4) is 11.5 Å². The number of aromatic nitrogens is 2. The minimum Gasteiger partial charge on any atom is -0.457 e. The summed E-state index contributed by atoms with van der Waals surface area (Å²) in [5.41, 5.74) is 2.19. The first-order chi connectivity index (χ1) is 11.4. The highest BCUT2D eigenvalue weighted by Crippen LogP contribution is 2.22. The van der Waals surface area contributed by atoms with Crippen LogP contribution >= 0.6 is 0 Å². The normalized spacial score (nSPS) is 10.6. The van der Waals surface area contributed by atoms with Gasteiger partial charge in [-0.3, -0.25) is 0 Å². The number of nitrogens with one attached hydrogen (secondary N) is 1. The number of rotatable bonds is 8. The first-order valence-electron chi connectivity index (χ1n) is 7.77. The van der Waals surface area contributed by atoms with Crippen molar-refractivity contribution in [2.75, 3.05) is 6.61 Å². The molecule has 3 aromatic rings. The summed E-state index contributed by atoms with van der Waals surface area (Å²) in [4.78, 5) is 7.15. The van der Waals surface area contributed by atoms with E-state index >= 15 is 0 Å². The Balaban J connectivity index is 1.44. The highest BCUT2D eigenvalue weighted by Gasteiger charge is 2.00. The molecule has 0 aliphatic carbocycles. The van der Waals surface area contributed by atoms with Crippen LogP contribution < -0.4 is 4.74 Å². The van der Waals surface area contributed by atoms with E-state index in [4.69, 9.17) is 9.47 Å². The smallest absolute Gasteiger partial charge is 0.127 e. The average molecular weight is 308 g/mol. The fourth-order valence-electron chi connectivity index (χ4n) is 2.30. The SMILES string of the molecule is c1ccc(Oc2cccc(COCCCc3c[nH]cn3)c2)cc1. The largest absolute Gasteiger partial charge is 0.457 e. The molecule has 118 valence electrons. The minimum atomic E-state index is 0.590. The molecular formula is C19H20N2O2. The molecule has 0 unspecified atom stereocenters. The highest BCUT2D eigenvalue weighted by atomic mass is 16.5. The molecule has 1 heterocycles. The van der Waals surface area contributed by atoms with Crippen molar-refractivity contribution in [1.82, 2.24) is 9.97 Å². The van der Waals surface area contributed by atoms with Crippen LogP contribution in [0.25, 0.3) is 0 Å². The van der Waals surface area contributed by atoms with Gasteiger partial charge < -0.3 is 14.5 Å². The summed E-state index contributed by atoms with van der Waals surface area (Å²) in [7, 11) is 0. The van der Waals surface area contributed by atoms with E-state index in [9.17, 15) is 0 Å². The summed E-state index contributed by atoms with van der Waals surface area (Å²) in [6, 6.07) is 17.8. The molecule has 0 spiro atoms. The second-order valence-electron chi connectivity index (χ2n) is 5.28. The monoisotopic (exact) mass is 308 g/mol. The Kier molecular flexibility index (Phi) is 5.43. The molecule has 0 saturated carbocycles. The van der Waals surface area contributed by atoms with Gasteiger partial charge in [-0.1, -0.05) is 30.3 Å². The summed E-state index contributed by atoms with van der Waals surface area (Å²) in [5, 5.41) is 0. The van der Waals surface area contributed by atoms with E-state index in [-0.39, 0.29) is 0 Å². The van der Waals surface area contributed by atoms with Gasteiger partial charge in [0.15, 0.2) is 0 Å². The molecule has 0 aliphatic heterocycles. The van der Waals surface area contributed by atoms with E-state index in [1.165, 1.54) is 0 Å². The number of para-hydroxylation sites is 1. The van der Waals surface area contributed by atoms with Crippen LogP contribution in [0.2, 0.25) is 0 Å². The third kappa shape index (κ3) is 4.97. The van der Waals surface area contributed by atoms with E-state index in [2.05, 4.69) is 9.97 Å². The maximum Gasteiger partial charge on any atom is 0.127 e. The standard InChI is InChI=1S/C19H20N2O2/c1-2-8-18(9-3-1)23-19-10-4-6-16(12-19)14-22-11-5-7-17-13-20-15-21-17/h1-4,6,8-10,12-13,15H,5,7,11,14H2,(H,20,21). The number of nitrogens with zero attached hydrogens (tertiary/aromatic N) is 1. The Morgan fingerprint density at radius 1 is 0.957 bits per heavy atom. The molecule has 2 aromatic carbocycles. The Morgan fingerprint density at radius 2 is 1.83 bits per heavy atom. The molecule has 0 radical (unpaired) electrons. The van der Waals surface area contributed by atoms with Gasteiger partial charge in [0.05, 0.1) is 18.6 Å². The summed E-state index contributed by atoms with van der Waals surface area (Å²) >= 11 is 0. The molecule has 0 bridgehead atoms. The van der Waals surface area contributed by atoms with E-state index in [1.807, 2.05) is 60.8 Å². The molecule has 0 saturated heterocycles. The second kappa shape index (κ2) is 8.15. The van der Waals surface area contributed by atoms with Crippen LogP contribution in [0.3, 0.4) is 0 Å². The number of ether oxygens (including phenoxy) is 2. The van der Waals surface area contributed by atoms with E-state index in [0.29, 0.717) is 6.61 Å². The zero-order chi connectivity index (χ0) is 15.7. The molecule has 0 fully saturated rings. The minimum absolute atomic E-state index is 0.590. The predicted molar refractivity (Wildman–Crippen MR) is 89.5 cm³/mol. The fourth-order valence-corrected chi connectivity index (χ4v) is 2.30. The zero-order valence-electron chi connectivity index (χ0n) is 12.9. The first-order valence-corrected chi connectivity index (χ1v) is 7.77. The van der Waals surface area contributed by atoms with Gasteiger partial charge in [-0.2, -0.15) is 0 Å². The number of hydrogen-bond donors (Lipinski definition) is 1. The number of imidazole rings is 1. The number of aryl methyl sites for hydroxylation is 1. The molecule has 23 heavy (non-hydrogen) atoms. The number of hydrogen-bond acceptors (Lipinski definition) is 3. The molecule has 4 nitrogen and oxygen atoms in total. The second-order valence-corrected chi connectivity index (χ2v) is 5.28. The zero-order valence-corrected chi connectivity index (χ0v) is 12.9. The molecule has 1 aromatic heterocycles. The van der Waals surface area contributed by atoms with Crippen LogP contribution in [0.5, 0.6) is 11.5 Å². The van der Waals surface area contributed by atoms with E-state index in [1.54, 1.807) is 6.33 Å². The summed E-state index contributed by atoms with van der Waals surface area (Å²) < 4.78 is 11.6. The Bertz CT molecular complexity index is 696. The average Bonchev–Trinajstić information content (AvgIpc) is 3.09. The van der Waals surface area contributed by atoms with Gasteiger partial charge in [0.25, 0.3) is 0 Å². The Labute approximate surface area is 136 Å². The summed E-state index contributed by atoms with van der Waals surface area (Å²) in [6.45, 7) is 1.31. The van der Waals surface area contributed by atoms with Crippen molar-refractivity contribution in [3.05, 3.63) is 78.4 Å². The van der Waals surface area contributed by atoms with E-state index < -0.39 is 0 Å². The van der Waals surface area contributed by atoms with Gasteiger partial charge in [-0.15, -0.1) is 0 Å². The highest BCUT2D eigenvalue weighted by molar-refractivity contribution is 5.33. The number of aromatic amines is 1. The van der Waals surface area contributed by atoms with Crippen molar-refractivity contribution in [2.45, 2.75) is 19.4 Å². The van der Waals surface area contributed by atoms with Crippen LogP contribution in [0.4, 0.5) is 0 Å². The lowest BCUT2D eigenvalue weighted by atomic mass is 10.2. The van der Waals surface area contributed by atoms with Gasteiger partial charge >= 0.3 is 0 Å². The molecule has 3 rings (SSSR count). The Morgan fingerprint density at radius 3 is 2.65 bits per heavy atom. The van der Waals surface area contributed by atoms with Crippen molar-refractivity contribution < 1.29 is 9.47 Å². The fraction of sp³-hybridized carbons (Fsp3) is 0.211. The van der Waals surface area contributed by atoms with Crippen LogP contribution in [-0.4, -0.2) is 16.6 Å². The van der Waals surface area contributed by atoms with Gasteiger partial charge in [0.2, 0.25) is 0 Å². The maximum atomic E-state index is 5.83. The van der Waals surface area contributed by atoms with Crippen LogP contribution in [0, 0.1) is 0 Å². The van der Waals surface area contributed by atoms with Gasteiger partial charge in [-0.25, -0.2) is 4.98 Å². The lowest BCUT2D eigenvalue weighted by Crippen LogP contribution is -1.98. The molecule has 0 aliphatic rings. The molecule has 4 heteroatoms. The predicted octanol–water partition coefficient (Wildman–Crippen LogP) is 4.35. The third-order valence-corrected chi connectivity index (χ3v) is 3.42. The lowest BCUT2D eigenvalue weighted by Gasteiger charge is -2.08. The van der Waals surface area contributed by atoms with Crippen LogP contribution in [-0.2, 0) is 17.8 Å². The van der Waals surface area contributed by atoms with Crippen LogP contribution in [0.15, 0.2) is 67.1 Å². The quantitative estimate of drug-likeness (QED) is 0.629. The molecule has 0 atom stereocenters. The van der Waals surface area contributed by atoms with Crippen molar-refractivity contribution >= 4 is 0 Å². The van der Waals surface area contributed by atoms with Gasteiger partial charge in [0, 0.05) is 12.8 Å². The summed E-state index contributed by atoms with van der Waals surface area (Å²) in [6.07, 6.45) is 5.52. The van der Waals surface area contributed by atoms with Crippen molar-refractivity contribution in [3.63, 3.8) is 0 Å². The first kappa shape index (κ1) is 15.3. The maximum absolute atomic E-state index is 5.83. The van der Waals surface area contributed by atoms with Crippen LogP contribution in [0.1, 0.15) is 17.7 Å². The Hall–Kier alpha value is -2.59. The van der Waals surface area contributed by atoms with Crippen molar-refractivity contribution in [1.29, 1.82) is 0 Å². The molecule has 0 amide bonds. The topological polar surface area (TPSA) is 47.1 Å². The summed E-state index contributed by atoms with van der Waals surface area (Å²) in [5.74, 6) is 1.67. The third-order valence-electron chi connectivity index (χ3n) is 3.42. The van der Waals surface area contributed by atoms with Gasteiger partial charge in [-0.05, 0) is 42.7 Å². The number of benzene rings is 2. The molecular weight excluding hydrogens is 288 g/mol. The van der Waals surface area contributed by atoms with Gasteiger partial charge in [0.1, 0.15) is 11.5 Å². The number of H-pyrrole nitrogens is 1. The molecule has 1 N–H and O–H groups in total. The van der Waals surface area contributed by atoms with E-state index in [0.717, 1.165) is 42.2 Å². The van der Waals surface area contributed by atoms with Crippen molar-refractivity contribution in [2.24, 2.45) is 0 Å².